The van der Waals surface area contributed by atoms with E-state index in [1.165, 1.54) is 59.7 Å². The Morgan fingerprint density at radius 3 is 1.70 bits per heavy atom. The normalized spacial score (nSPS) is 12.1. The van der Waals surface area contributed by atoms with Crippen molar-refractivity contribution in [3.05, 3.63) is 152 Å². The Morgan fingerprint density at radius 1 is 0.318 bits per heavy atom. The smallest absolute Gasteiger partial charge is 0.137 e. The van der Waals surface area contributed by atoms with Crippen LogP contribution in [0, 0.1) is 0 Å². The summed E-state index contributed by atoms with van der Waals surface area (Å²) in [6.45, 7) is 0. The van der Waals surface area contributed by atoms with Crippen LogP contribution in [0.1, 0.15) is 0 Å². The van der Waals surface area contributed by atoms with Crippen LogP contribution in [-0.4, -0.2) is 4.57 Å². The van der Waals surface area contributed by atoms with Crippen LogP contribution in [-0.2, 0) is 0 Å². The Kier molecular flexibility index (Phi) is 4.75. The average molecular weight is 560 g/mol. The molecule has 0 saturated heterocycles. The number of aromatic nitrogens is 1. The second kappa shape index (κ2) is 8.82. The third-order valence-corrected chi connectivity index (χ3v) is 9.35. The lowest BCUT2D eigenvalue weighted by molar-refractivity contribution is 0.669. The molecule has 2 nitrogen and oxygen atoms in total. The molecule has 0 amide bonds. The maximum absolute atomic E-state index is 6.33. The fraction of sp³-hybridized carbons (Fsp3) is 0. The lowest BCUT2D eigenvalue weighted by atomic mass is 9.92. The molecule has 8 aromatic carbocycles. The Balaban J connectivity index is 1.22. The Labute approximate surface area is 253 Å². The standard InChI is InChI=1S/C42H25NO/c1-2-14-31-29(12-1)30-13-3-4-15-32(30)36-23-27(20-21-33(31)36)26-10-9-11-28(22-26)43-39-18-7-5-16-34(39)37-24-38-35-17-6-8-19-41(35)44-42(38)25-40(37)43/h1-25H. The van der Waals surface area contributed by atoms with Gasteiger partial charge in [0.25, 0.3) is 0 Å². The van der Waals surface area contributed by atoms with Crippen LogP contribution in [0.2, 0.25) is 0 Å². The van der Waals surface area contributed by atoms with Crippen molar-refractivity contribution >= 4 is 76.1 Å². The number of para-hydroxylation sites is 2. The highest BCUT2D eigenvalue weighted by Gasteiger charge is 2.17. The third kappa shape index (κ3) is 3.25. The van der Waals surface area contributed by atoms with E-state index in [0.717, 1.165) is 33.1 Å². The van der Waals surface area contributed by atoms with Crippen molar-refractivity contribution in [2.45, 2.75) is 0 Å². The molecule has 44 heavy (non-hydrogen) atoms. The molecule has 0 saturated carbocycles. The van der Waals surface area contributed by atoms with Crippen molar-refractivity contribution in [3.63, 3.8) is 0 Å². The summed E-state index contributed by atoms with van der Waals surface area (Å²) in [6.07, 6.45) is 0. The summed E-state index contributed by atoms with van der Waals surface area (Å²) in [6, 6.07) is 54.9. The van der Waals surface area contributed by atoms with Crippen LogP contribution in [0.3, 0.4) is 0 Å². The van der Waals surface area contributed by atoms with Crippen molar-refractivity contribution in [2.75, 3.05) is 0 Å². The molecule has 0 fully saturated rings. The summed E-state index contributed by atoms with van der Waals surface area (Å²) in [5, 5.41) is 12.5. The molecule has 10 aromatic rings. The van der Waals surface area contributed by atoms with E-state index in [2.05, 4.69) is 144 Å². The number of fused-ring (bicyclic) bond motifs is 12. The summed E-state index contributed by atoms with van der Waals surface area (Å²) in [5.74, 6) is 0. The Hall–Kier alpha value is -5.86. The zero-order valence-electron chi connectivity index (χ0n) is 23.8. The van der Waals surface area contributed by atoms with Gasteiger partial charge in [-0.3, -0.25) is 0 Å². The second-order valence-electron chi connectivity index (χ2n) is 11.7. The highest BCUT2D eigenvalue weighted by molar-refractivity contribution is 6.25. The number of furan rings is 1. The molecule has 0 N–H and O–H groups in total. The lowest BCUT2D eigenvalue weighted by Crippen LogP contribution is -1.94. The molecular formula is C42H25NO. The van der Waals surface area contributed by atoms with Gasteiger partial charge in [0.15, 0.2) is 0 Å². The minimum absolute atomic E-state index is 0.910. The minimum atomic E-state index is 0.910. The maximum atomic E-state index is 6.33. The van der Waals surface area contributed by atoms with E-state index in [1.54, 1.807) is 0 Å². The molecule has 0 aliphatic heterocycles. The zero-order valence-corrected chi connectivity index (χ0v) is 23.8. The van der Waals surface area contributed by atoms with Gasteiger partial charge >= 0.3 is 0 Å². The van der Waals surface area contributed by atoms with Gasteiger partial charge in [-0.1, -0.05) is 109 Å². The number of hydrogen-bond acceptors (Lipinski definition) is 1. The summed E-state index contributed by atoms with van der Waals surface area (Å²) in [7, 11) is 0. The van der Waals surface area contributed by atoms with Gasteiger partial charge in [0, 0.05) is 33.3 Å². The highest BCUT2D eigenvalue weighted by atomic mass is 16.3. The van der Waals surface area contributed by atoms with Crippen molar-refractivity contribution < 1.29 is 4.42 Å². The lowest BCUT2D eigenvalue weighted by Gasteiger charge is -2.13. The number of rotatable bonds is 2. The van der Waals surface area contributed by atoms with Crippen LogP contribution in [0.5, 0.6) is 0 Å². The number of hydrogen-bond donors (Lipinski definition) is 0. The van der Waals surface area contributed by atoms with Gasteiger partial charge < -0.3 is 8.98 Å². The molecule has 2 heteroatoms. The largest absolute Gasteiger partial charge is 0.456 e. The highest BCUT2D eigenvalue weighted by Crippen LogP contribution is 2.40. The number of benzene rings is 8. The monoisotopic (exact) mass is 559 g/mol. The van der Waals surface area contributed by atoms with Crippen LogP contribution in [0.15, 0.2) is 156 Å². The van der Waals surface area contributed by atoms with Crippen LogP contribution < -0.4 is 0 Å². The Morgan fingerprint density at radius 2 is 0.932 bits per heavy atom. The SMILES string of the molecule is c1cc(-c2ccc3c4ccccc4c4ccccc4c3c2)cc(-n2c3ccccc3c3cc4c(cc32)oc2ccccc24)c1. The third-order valence-electron chi connectivity index (χ3n) is 9.35. The van der Waals surface area contributed by atoms with E-state index in [1.807, 2.05) is 12.1 Å². The van der Waals surface area contributed by atoms with Gasteiger partial charge in [-0.05, 0) is 79.8 Å². The van der Waals surface area contributed by atoms with Gasteiger partial charge in [0.2, 0.25) is 0 Å². The second-order valence-corrected chi connectivity index (χ2v) is 11.7. The van der Waals surface area contributed by atoms with Crippen LogP contribution in [0.25, 0.3) is 92.9 Å². The quantitative estimate of drug-likeness (QED) is 0.193. The molecule has 2 heterocycles. The molecule has 0 spiro atoms. The first kappa shape index (κ1) is 23.7. The van der Waals surface area contributed by atoms with Crippen molar-refractivity contribution in [1.82, 2.24) is 4.57 Å². The van der Waals surface area contributed by atoms with Gasteiger partial charge in [-0.15, -0.1) is 0 Å². The molecule has 0 bridgehead atoms. The fourth-order valence-electron chi connectivity index (χ4n) is 7.38. The number of nitrogens with zero attached hydrogens (tertiary/aromatic N) is 1. The molecule has 204 valence electrons. The van der Waals surface area contributed by atoms with Crippen molar-refractivity contribution in [1.29, 1.82) is 0 Å². The summed E-state index contributed by atoms with van der Waals surface area (Å²) >= 11 is 0. The van der Waals surface area contributed by atoms with Gasteiger partial charge in [-0.2, -0.15) is 0 Å². The van der Waals surface area contributed by atoms with Gasteiger partial charge in [-0.25, -0.2) is 0 Å². The van der Waals surface area contributed by atoms with Gasteiger partial charge in [0.05, 0.1) is 11.0 Å². The average Bonchev–Trinajstić information content (AvgIpc) is 3.62. The fourth-order valence-corrected chi connectivity index (χ4v) is 7.38. The van der Waals surface area contributed by atoms with E-state index in [9.17, 15) is 0 Å². The molecule has 10 rings (SSSR count). The van der Waals surface area contributed by atoms with Crippen molar-refractivity contribution in [2.24, 2.45) is 0 Å². The molecule has 0 radical (unpaired) electrons. The first-order valence-electron chi connectivity index (χ1n) is 15.1. The first-order chi connectivity index (χ1) is 21.8. The predicted molar refractivity (Wildman–Crippen MR) is 186 cm³/mol. The summed E-state index contributed by atoms with van der Waals surface area (Å²) in [4.78, 5) is 0. The minimum Gasteiger partial charge on any atom is -0.456 e. The molecule has 0 atom stereocenters. The van der Waals surface area contributed by atoms with E-state index >= 15 is 0 Å². The molecule has 2 aromatic heterocycles. The molecule has 0 unspecified atom stereocenters. The van der Waals surface area contributed by atoms with Crippen LogP contribution >= 0.6 is 0 Å². The molecule has 0 aliphatic rings. The predicted octanol–water partition coefficient (Wildman–Crippen LogP) is 11.8. The van der Waals surface area contributed by atoms with E-state index in [4.69, 9.17) is 4.42 Å². The topological polar surface area (TPSA) is 18.1 Å². The summed E-state index contributed by atoms with van der Waals surface area (Å²) in [5.41, 5.74) is 7.70. The Bertz CT molecular complexity index is 2740. The maximum Gasteiger partial charge on any atom is 0.137 e. The van der Waals surface area contributed by atoms with Crippen LogP contribution in [0.4, 0.5) is 0 Å². The first-order valence-corrected chi connectivity index (χ1v) is 15.1. The van der Waals surface area contributed by atoms with E-state index < -0.39 is 0 Å². The van der Waals surface area contributed by atoms with E-state index in [0.29, 0.717) is 0 Å². The van der Waals surface area contributed by atoms with Crippen molar-refractivity contribution in [3.8, 4) is 16.8 Å². The molecule has 0 aliphatic carbocycles. The zero-order chi connectivity index (χ0) is 28.8. The summed E-state index contributed by atoms with van der Waals surface area (Å²) < 4.78 is 8.71. The van der Waals surface area contributed by atoms with E-state index in [-0.39, 0.29) is 0 Å². The molecular weight excluding hydrogens is 534 g/mol. The van der Waals surface area contributed by atoms with Gasteiger partial charge in [0.1, 0.15) is 11.2 Å².